The van der Waals surface area contributed by atoms with Crippen LogP contribution < -0.4 is 0 Å². The SMILES string of the molecule is CC/C=C/C/C=C/C/C=C/CCCCCCCC(=O)OC[C@H](COP(=O)(O)OCC[N+](C)(C)C)OC(=O)CCC/C=C/CC/C=C/CCCCCCCCCCCCCCCC. The van der Waals surface area contributed by atoms with Crippen LogP contribution in [0.5, 0.6) is 0 Å². The van der Waals surface area contributed by atoms with Gasteiger partial charge in [0.2, 0.25) is 0 Å². The molecule has 0 aliphatic rings. The van der Waals surface area contributed by atoms with Gasteiger partial charge >= 0.3 is 19.8 Å². The maximum atomic E-state index is 12.7. The largest absolute Gasteiger partial charge is 0.472 e. The highest BCUT2D eigenvalue weighted by Crippen LogP contribution is 2.43. The Morgan fingerprint density at radius 1 is 0.516 bits per heavy atom. The number of hydrogen-bond acceptors (Lipinski definition) is 7. The predicted octanol–water partition coefficient (Wildman–Crippen LogP) is 14.8. The first-order chi connectivity index (χ1) is 30.0. The van der Waals surface area contributed by atoms with Crippen molar-refractivity contribution in [3.63, 3.8) is 0 Å². The van der Waals surface area contributed by atoms with Gasteiger partial charge in [0.1, 0.15) is 19.8 Å². The lowest BCUT2D eigenvalue weighted by Crippen LogP contribution is -2.37. The number of carbonyl (C=O) groups is 2. The number of unbranched alkanes of at least 4 members (excludes halogenated alkanes) is 21. The van der Waals surface area contributed by atoms with Crippen LogP contribution in [0, 0.1) is 0 Å². The van der Waals surface area contributed by atoms with E-state index in [1.807, 2.05) is 21.1 Å². The highest BCUT2D eigenvalue weighted by Gasteiger charge is 2.27. The van der Waals surface area contributed by atoms with Gasteiger partial charge in [-0.15, -0.1) is 0 Å². The number of allylic oxidation sites excluding steroid dienone is 10. The third-order valence-corrected chi connectivity index (χ3v) is 11.5. The molecule has 1 unspecified atom stereocenters. The summed E-state index contributed by atoms with van der Waals surface area (Å²) >= 11 is 0. The number of likely N-dealkylation sites (N-methyl/N-ethyl adjacent to an activating group) is 1. The van der Waals surface area contributed by atoms with Crippen LogP contribution in [0.1, 0.15) is 206 Å². The van der Waals surface area contributed by atoms with Gasteiger partial charge in [-0.05, 0) is 77.0 Å². The van der Waals surface area contributed by atoms with E-state index >= 15 is 0 Å². The molecule has 1 N–H and O–H groups in total. The first-order valence-corrected chi connectivity index (χ1v) is 26.5. The van der Waals surface area contributed by atoms with E-state index in [0.717, 1.165) is 77.0 Å². The van der Waals surface area contributed by atoms with Crippen LogP contribution in [0.25, 0.3) is 0 Å². The van der Waals surface area contributed by atoms with E-state index in [9.17, 15) is 19.0 Å². The van der Waals surface area contributed by atoms with Crippen molar-refractivity contribution in [3.05, 3.63) is 60.8 Å². The average molecular weight is 893 g/mol. The van der Waals surface area contributed by atoms with Crippen LogP contribution in [0.2, 0.25) is 0 Å². The molecule has 0 rings (SSSR count). The van der Waals surface area contributed by atoms with Gasteiger partial charge in [0, 0.05) is 12.8 Å². The Morgan fingerprint density at radius 3 is 1.48 bits per heavy atom. The van der Waals surface area contributed by atoms with Crippen LogP contribution in [-0.2, 0) is 32.7 Å². The number of ether oxygens (including phenoxy) is 2. The summed E-state index contributed by atoms with van der Waals surface area (Å²) in [5, 5.41) is 0. The van der Waals surface area contributed by atoms with E-state index < -0.39 is 32.5 Å². The van der Waals surface area contributed by atoms with Crippen molar-refractivity contribution in [1.29, 1.82) is 0 Å². The van der Waals surface area contributed by atoms with Crippen LogP contribution in [-0.4, -0.2) is 74.9 Å². The molecule has 0 radical (unpaired) electrons. The van der Waals surface area contributed by atoms with Gasteiger partial charge in [-0.1, -0.05) is 177 Å². The normalized spacial score (nSPS) is 14.0. The molecule has 2 atom stereocenters. The fraction of sp³-hybridized carbons (Fsp3) is 0.769. The minimum Gasteiger partial charge on any atom is -0.462 e. The summed E-state index contributed by atoms with van der Waals surface area (Å²) < 4.78 is 34.3. The van der Waals surface area contributed by atoms with Crippen molar-refractivity contribution < 1.29 is 42.1 Å². The second-order valence-corrected chi connectivity index (χ2v) is 19.3. The number of quaternary nitrogens is 1. The fourth-order valence-electron chi connectivity index (χ4n) is 6.64. The number of phosphoric ester groups is 1. The Morgan fingerprint density at radius 2 is 0.952 bits per heavy atom. The van der Waals surface area contributed by atoms with E-state index in [0.29, 0.717) is 23.9 Å². The minimum atomic E-state index is -4.40. The van der Waals surface area contributed by atoms with Crippen molar-refractivity contribution >= 4 is 19.8 Å². The van der Waals surface area contributed by atoms with E-state index in [-0.39, 0.29) is 26.1 Å². The van der Waals surface area contributed by atoms with Crippen LogP contribution in [0.4, 0.5) is 0 Å². The fourth-order valence-corrected chi connectivity index (χ4v) is 7.38. The Hall–Kier alpha value is -2.29. The maximum Gasteiger partial charge on any atom is 0.472 e. The van der Waals surface area contributed by atoms with E-state index in [2.05, 4.69) is 74.6 Å². The van der Waals surface area contributed by atoms with Crippen LogP contribution in [0.3, 0.4) is 0 Å². The standard InChI is InChI=1S/C52H94NO8P/c1-6-8-10-12-14-16-18-20-22-23-24-25-26-27-28-29-31-33-35-37-39-41-43-45-52(55)61-50(49-60-62(56,57)59-47-46-53(3,4)5)48-58-51(54)44-42-40-38-36-34-32-30-21-19-17-15-13-11-9-7-2/h9,11,15,17,21,29-31,37,39,50H,6-8,10,12-14,16,18-20,22-28,32-36,38,40-49H2,1-5H3/p+1/b11-9+,17-15+,30-21+,31-29+,39-37+/t50-/m1/s1. The molecule has 0 aromatic heterocycles. The first kappa shape index (κ1) is 59.7. The highest BCUT2D eigenvalue weighted by atomic mass is 31.2. The number of nitrogens with zero attached hydrogens (tertiary/aromatic N) is 1. The van der Waals surface area contributed by atoms with E-state index in [1.165, 1.54) is 89.9 Å². The summed E-state index contributed by atoms with van der Waals surface area (Å²) in [5.41, 5.74) is 0. The molecule has 0 bridgehead atoms. The molecular formula is C52H95NO8P+. The third-order valence-electron chi connectivity index (χ3n) is 10.5. The highest BCUT2D eigenvalue weighted by molar-refractivity contribution is 7.47. The predicted molar refractivity (Wildman–Crippen MR) is 261 cm³/mol. The number of phosphoric acid groups is 1. The minimum absolute atomic E-state index is 0.0196. The quantitative estimate of drug-likeness (QED) is 0.0212. The van der Waals surface area contributed by atoms with Crippen molar-refractivity contribution in [2.45, 2.75) is 213 Å². The molecular weight excluding hydrogens is 798 g/mol. The molecule has 0 fully saturated rings. The Balaban J connectivity index is 4.32. The molecule has 0 spiro atoms. The van der Waals surface area contributed by atoms with Gasteiger partial charge in [0.25, 0.3) is 0 Å². The lowest BCUT2D eigenvalue weighted by Gasteiger charge is -2.24. The Bertz CT molecular complexity index is 1240. The number of carbonyl (C=O) groups excluding carboxylic acids is 2. The summed E-state index contributed by atoms with van der Waals surface area (Å²) in [6.07, 6.45) is 54.4. The second kappa shape index (κ2) is 43.9. The lowest BCUT2D eigenvalue weighted by molar-refractivity contribution is -0.870. The van der Waals surface area contributed by atoms with Crippen molar-refractivity contribution in [3.8, 4) is 0 Å². The second-order valence-electron chi connectivity index (χ2n) is 17.8. The molecule has 10 heteroatoms. The summed E-state index contributed by atoms with van der Waals surface area (Å²) in [7, 11) is 1.44. The van der Waals surface area contributed by atoms with Gasteiger partial charge in [-0.3, -0.25) is 18.6 Å². The molecule has 0 amide bonds. The Kier molecular flexibility index (Phi) is 42.3. The average Bonchev–Trinajstić information content (AvgIpc) is 3.23. The molecule has 9 nitrogen and oxygen atoms in total. The van der Waals surface area contributed by atoms with Gasteiger partial charge in [0.15, 0.2) is 6.10 Å². The monoisotopic (exact) mass is 893 g/mol. The zero-order chi connectivity index (χ0) is 45.7. The molecule has 0 saturated heterocycles. The first-order valence-electron chi connectivity index (χ1n) is 25.0. The summed E-state index contributed by atoms with van der Waals surface area (Å²) in [5.74, 6) is -0.868. The smallest absolute Gasteiger partial charge is 0.462 e. The van der Waals surface area contributed by atoms with Crippen molar-refractivity contribution in [2.75, 3.05) is 47.5 Å². The third kappa shape index (κ3) is 47.2. The van der Waals surface area contributed by atoms with Crippen molar-refractivity contribution in [2.24, 2.45) is 0 Å². The van der Waals surface area contributed by atoms with E-state index in [4.69, 9.17) is 18.5 Å². The number of rotatable bonds is 45. The van der Waals surface area contributed by atoms with Crippen molar-refractivity contribution in [1.82, 2.24) is 0 Å². The molecule has 0 aliphatic carbocycles. The molecule has 360 valence electrons. The summed E-state index contributed by atoms with van der Waals surface area (Å²) in [4.78, 5) is 35.5. The molecule has 0 aromatic rings. The number of esters is 2. The number of hydrogen-bond donors (Lipinski definition) is 1. The lowest BCUT2D eigenvalue weighted by atomic mass is 10.0. The van der Waals surface area contributed by atoms with Crippen LogP contribution >= 0.6 is 7.82 Å². The summed E-state index contributed by atoms with van der Waals surface area (Å²) in [6.45, 7) is 4.26. The molecule has 0 aliphatic heterocycles. The Labute approximate surface area is 381 Å². The van der Waals surface area contributed by atoms with Gasteiger partial charge < -0.3 is 18.9 Å². The molecule has 0 heterocycles. The zero-order valence-corrected chi connectivity index (χ0v) is 41.5. The molecule has 62 heavy (non-hydrogen) atoms. The van der Waals surface area contributed by atoms with E-state index in [1.54, 1.807) is 0 Å². The molecule has 0 aromatic carbocycles. The topological polar surface area (TPSA) is 108 Å². The maximum absolute atomic E-state index is 12.7. The molecule has 0 saturated carbocycles. The van der Waals surface area contributed by atoms with Gasteiger partial charge in [-0.2, -0.15) is 0 Å². The summed E-state index contributed by atoms with van der Waals surface area (Å²) in [6, 6.07) is 0. The zero-order valence-electron chi connectivity index (χ0n) is 40.6. The van der Waals surface area contributed by atoms with Crippen LogP contribution in [0.15, 0.2) is 60.8 Å². The van der Waals surface area contributed by atoms with Gasteiger partial charge in [0.05, 0.1) is 27.7 Å². The van der Waals surface area contributed by atoms with Gasteiger partial charge in [-0.25, -0.2) is 4.57 Å².